The maximum Gasteiger partial charge on any atom is 0.155 e. The quantitative estimate of drug-likeness (QED) is 0.811. The molecule has 0 radical (unpaired) electrons. The topological polar surface area (TPSA) is 63.2 Å². The van der Waals surface area contributed by atoms with Crippen molar-refractivity contribution in [2.24, 2.45) is 5.41 Å². The highest BCUT2D eigenvalue weighted by Crippen LogP contribution is 2.33. The second kappa shape index (κ2) is 5.92. The second-order valence-electron chi connectivity index (χ2n) is 6.56. The molecule has 19 heavy (non-hydrogen) atoms. The van der Waals surface area contributed by atoms with Crippen LogP contribution in [0.2, 0.25) is 0 Å². The van der Waals surface area contributed by atoms with Crippen LogP contribution in [0, 0.1) is 5.41 Å². The summed E-state index contributed by atoms with van der Waals surface area (Å²) in [4.78, 5) is 12.4. The lowest BCUT2D eigenvalue weighted by atomic mass is 9.77. The molecule has 1 fully saturated rings. The number of nitrogens with one attached hydrogen (secondary N) is 1. The van der Waals surface area contributed by atoms with Gasteiger partial charge in [-0.2, -0.15) is 0 Å². The van der Waals surface area contributed by atoms with Crippen LogP contribution in [0.25, 0.3) is 0 Å². The van der Waals surface area contributed by atoms with Crippen LogP contribution in [-0.4, -0.2) is 37.8 Å². The smallest absolute Gasteiger partial charge is 0.155 e. The Kier molecular flexibility index (Phi) is 5.18. The van der Waals surface area contributed by atoms with Crippen LogP contribution in [0.5, 0.6) is 0 Å². The number of carbonyl (C=O) groups is 1. The summed E-state index contributed by atoms with van der Waals surface area (Å²) in [5.74, 6) is 0.0908. The van der Waals surface area contributed by atoms with Crippen molar-refractivity contribution in [3.63, 3.8) is 0 Å². The largest absolute Gasteiger partial charge is 0.316 e. The Bertz CT molecular complexity index is 414. The van der Waals surface area contributed by atoms with Crippen molar-refractivity contribution in [2.75, 3.05) is 18.8 Å². The minimum Gasteiger partial charge on any atom is -0.316 e. The normalized spacial score (nSPS) is 24.6. The number of hydrogen-bond donors (Lipinski definition) is 1. The summed E-state index contributed by atoms with van der Waals surface area (Å²) < 4.78 is 23.4. The third kappa shape index (κ3) is 3.78. The number of carbonyl (C=O) groups excluding carboxylic acids is 1. The van der Waals surface area contributed by atoms with Gasteiger partial charge in [0.25, 0.3) is 0 Å². The van der Waals surface area contributed by atoms with Gasteiger partial charge in [0.15, 0.2) is 9.84 Å². The van der Waals surface area contributed by atoms with E-state index in [9.17, 15) is 13.2 Å². The van der Waals surface area contributed by atoms with Gasteiger partial charge >= 0.3 is 0 Å². The van der Waals surface area contributed by atoms with E-state index in [4.69, 9.17) is 0 Å². The molecule has 1 atom stereocenters. The Morgan fingerprint density at radius 3 is 2.37 bits per heavy atom. The molecular weight excluding hydrogens is 262 g/mol. The summed E-state index contributed by atoms with van der Waals surface area (Å²) in [6, 6.07) is 0. The van der Waals surface area contributed by atoms with Crippen molar-refractivity contribution in [3.8, 4) is 0 Å². The molecule has 1 N–H and O–H groups in total. The van der Waals surface area contributed by atoms with E-state index in [-0.39, 0.29) is 23.4 Å². The third-order valence-corrected chi connectivity index (χ3v) is 6.70. The third-order valence-electron chi connectivity index (χ3n) is 4.09. The SMILES string of the molecule is CCCC1(C(=O)CCS(=O)(=O)C(C)(C)C)CCNC1. The van der Waals surface area contributed by atoms with Gasteiger partial charge in [0.2, 0.25) is 0 Å². The summed E-state index contributed by atoms with van der Waals surface area (Å²) in [5, 5.41) is 3.24. The van der Waals surface area contributed by atoms with Crippen molar-refractivity contribution >= 4 is 15.6 Å². The molecule has 1 unspecified atom stereocenters. The molecule has 1 heterocycles. The fraction of sp³-hybridized carbons (Fsp3) is 0.929. The first-order valence-electron chi connectivity index (χ1n) is 7.11. The first-order valence-corrected chi connectivity index (χ1v) is 8.76. The number of ketones is 1. The van der Waals surface area contributed by atoms with Gasteiger partial charge in [-0.25, -0.2) is 8.42 Å². The highest BCUT2D eigenvalue weighted by molar-refractivity contribution is 7.92. The maximum absolute atomic E-state index is 12.4. The molecule has 112 valence electrons. The summed E-state index contributed by atoms with van der Waals surface area (Å²) in [6.07, 6.45) is 2.81. The van der Waals surface area contributed by atoms with Gasteiger partial charge in [-0.3, -0.25) is 4.79 Å². The van der Waals surface area contributed by atoms with E-state index in [1.54, 1.807) is 20.8 Å². The Morgan fingerprint density at radius 2 is 1.95 bits per heavy atom. The van der Waals surface area contributed by atoms with E-state index in [0.717, 1.165) is 25.8 Å². The van der Waals surface area contributed by atoms with Crippen LogP contribution in [0.3, 0.4) is 0 Å². The lowest BCUT2D eigenvalue weighted by Crippen LogP contribution is -2.37. The summed E-state index contributed by atoms with van der Waals surface area (Å²) in [6.45, 7) is 8.69. The zero-order chi connectivity index (χ0) is 14.7. The Balaban J connectivity index is 2.70. The molecule has 0 bridgehead atoms. The Labute approximate surface area is 117 Å². The molecule has 0 saturated carbocycles. The maximum atomic E-state index is 12.4. The van der Waals surface area contributed by atoms with E-state index in [0.29, 0.717) is 6.54 Å². The summed E-state index contributed by atoms with van der Waals surface area (Å²) in [7, 11) is -3.21. The van der Waals surface area contributed by atoms with E-state index < -0.39 is 14.6 Å². The molecule has 1 saturated heterocycles. The van der Waals surface area contributed by atoms with Crippen LogP contribution in [0.15, 0.2) is 0 Å². The Morgan fingerprint density at radius 1 is 1.32 bits per heavy atom. The van der Waals surface area contributed by atoms with E-state index >= 15 is 0 Å². The number of hydrogen-bond acceptors (Lipinski definition) is 4. The van der Waals surface area contributed by atoms with Gasteiger partial charge < -0.3 is 5.32 Å². The van der Waals surface area contributed by atoms with Crippen LogP contribution in [0.1, 0.15) is 53.4 Å². The fourth-order valence-corrected chi connectivity index (χ4v) is 3.68. The molecule has 1 rings (SSSR count). The number of rotatable bonds is 6. The fourth-order valence-electron chi connectivity index (χ4n) is 2.61. The minimum absolute atomic E-state index is 0.0270. The number of Topliss-reactive ketones (excluding diaryl/α,β-unsaturated/α-hetero) is 1. The van der Waals surface area contributed by atoms with E-state index in [1.165, 1.54) is 0 Å². The van der Waals surface area contributed by atoms with Crippen LogP contribution in [-0.2, 0) is 14.6 Å². The molecular formula is C14H27NO3S. The average Bonchev–Trinajstić information content (AvgIpc) is 2.75. The molecule has 1 aliphatic rings. The molecule has 1 aliphatic heterocycles. The van der Waals surface area contributed by atoms with Gasteiger partial charge in [0.1, 0.15) is 5.78 Å². The molecule has 4 nitrogen and oxygen atoms in total. The monoisotopic (exact) mass is 289 g/mol. The van der Waals surface area contributed by atoms with Crippen molar-refractivity contribution < 1.29 is 13.2 Å². The van der Waals surface area contributed by atoms with Crippen molar-refractivity contribution in [1.29, 1.82) is 0 Å². The van der Waals surface area contributed by atoms with E-state index in [1.807, 2.05) is 0 Å². The van der Waals surface area contributed by atoms with Gasteiger partial charge in [-0.05, 0) is 40.2 Å². The standard InChI is InChI=1S/C14H27NO3S/c1-5-7-14(8-9-15-11-14)12(16)6-10-19(17,18)13(2,3)4/h15H,5-11H2,1-4H3. The van der Waals surface area contributed by atoms with Crippen LogP contribution in [0.4, 0.5) is 0 Å². The van der Waals surface area contributed by atoms with E-state index in [2.05, 4.69) is 12.2 Å². The van der Waals surface area contributed by atoms with Crippen molar-refractivity contribution in [1.82, 2.24) is 5.32 Å². The predicted octanol–water partition coefficient (Wildman–Crippen LogP) is 1.94. The predicted molar refractivity (Wildman–Crippen MR) is 78.0 cm³/mol. The van der Waals surface area contributed by atoms with Gasteiger partial charge in [-0.15, -0.1) is 0 Å². The molecule has 0 aromatic carbocycles. The molecule has 0 aromatic rings. The zero-order valence-electron chi connectivity index (χ0n) is 12.6. The highest BCUT2D eigenvalue weighted by Gasteiger charge is 2.40. The zero-order valence-corrected chi connectivity index (χ0v) is 13.4. The Hall–Kier alpha value is -0.420. The molecule has 0 amide bonds. The molecule has 0 aromatic heterocycles. The lowest BCUT2D eigenvalue weighted by Gasteiger charge is -2.27. The van der Waals surface area contributed by atoms with Gasteiger partial charge in [-0.1, -0.05) is 13.3 Å². The minimum atomic E-state index is -3.21. The second-order valence-corrected chi connectivity index (χ2v) is 9.42. The van der Waals surface area contributed by atoms with Crippen LogP contribution < -0.4 is 5.32 Å². The van der Waals surface area contributed by atoms with Crippen molar-refractivity contribution in [2.45, 2.75) is 58.1 Å². The van der Waals surface area contributed by atoms with Gasteiger partial charge in [0, 0.05) is 18.4 Å². The molecule has 5 heteroatoms. The summed E-state index contributed by atoms with van der Waals surface area (Å²) >= 11 is 0. The number of sulfone groups is 1. The van der Waals surface area contributed by atoms with Crippen molar-refractivity contribution in [3.05, 3.63) is 0 Å². The van der Waals surface area contributed by atoms with Crippen LogP contribution >= 0.6 is 0 Å². The molecule has 0 aliphatic carbocycles. The highest BCUT2D eigenvalue weighted by atomic mass is 32.2. The van der Waals surface area contributed by atoms with Gasteiger partial charge in [0.05, 0.1) is 10.5 Å². The first-order chi connectivity index (χ1) is 8.65. The molecule has 0 spiro atoms. The summed E-state index contributed by atoms with van der Waals surface area (Å²) in [5.41, 5.74) is -0.317. The lowest BCUT2D eigenvalue weighted by molar-refractivity contribution is -0.127. The average molecular weight is 289 g/mol. The first kappa shape index (κ1) is 16.6.